The summed E-state index contributed by atoms with van der Waals surface area (Å²) in [4.78, 5) is 14.1. The van der Waals surface area contributed by atoms with Crippen molar-refractivity contribution in [2.45, 2.75) is 38.6 Å². The highest BCUT2D eigenvalue weighted by Crippen LogP contribution is 2.23. The fraction of sp³-hybridized carbons (Fsp3) is 0.533. The Balaban J connectivity index is 1.97. The van der Waals surface area contributed by atoms with Crippen LogP contribution in [0.2, 0.25) is 0 Å². The van der Waals surface area contributed by atoms with E-state index in [9.17, 15) is 4.79 Å². The number of carbonyl (C=O) groups is 1. The van der Waals surface area contributed by atoms with Gasteiger partial charge in [-0.05, 0) is 30.4 Å². The lowest BCUT2D eigenvalue weighted by molar-refractivity contribution is -0.130. The summed E-state index contributed by atoms with van der Waals surface area (Å²) in [6.45, 7) is 5.76. The van der Waals surface area contributed by atoms with Crippen LogP contribution in [0.25, 0.3) is 0 Å². The second-order valence-electron chi connectivity index (χ2n) is 5.35. The summed E-state index contributed by atoms with van der Waals surface area (Å²) in [6, 6.07) is 8.45. The van der Waals surface area contributed by atoms with E-state index in [2.05, 4.69) is 26.0 Å². The van der Waals surface area contributed by atoms with Gasteiger partial charge in [0.15, 0.2) is 0 Å². The third kappa shape index (κ3) is 2.91. The van der Waals surface area contributed by atoms with Gasteiger partial charge in [-0.25, -0.2) is 0 Å². The number of nitrogens with two attached hydrogens (primary N) is 1. The van der Waals surface area contributed by atoms with Crippen LogP contribution in [0.1, 0.15) is 36.8 Å². The van der Waals surface area contributed by atoms with Gasteiger partial charge in [0.2, 0.25) is 5.91 Å². The van der Waals surface area contributed by atoms with Gasteiger partial charge in [0.05, 0.1) is 0 Å². The maximum absolute atomic E-state index is 12.2. The van der Waals surface area contributed by atoms with E-state index in [0.717, 1.165) is 19.5 Å². The highest BCUT2D eigenvalue weighted by molar-refractivity contribution is 5.77. The minimum absolute atomic E-state index is 0.169. The molecule has 1 saturated heterocycles. The zero-order chi connectivity index (χ0) is 13.1. The molecule has 0 bridgehead atoms. The van der Waals surface area contributed by atoms with Crippen molar-refractivity contribution in [3.8, 4) is 0 Å². The van der Waals surface area contributed by atoms with Gasteiger partial charge in [-0.3, -0.25) is 4.79 Å². The molecule has 0 unspecified atom stereocenters. The van der Waals surface area contributed by atoms with E-state index in [1.165, 1.54) is 11.1 Å². The Labute approximate surface area is 109 Å². The van der Waals surface area contributed by atoms with Crippen molar-refractivity contribution in [1.29, 1.82) is 0 Å². The molecule has 1 fully saturated rings. The van der Waals surface area contributed by atoms with Crippen LogP contribution in [0.3, 0.4) is 0 Å². The molecule has 0 spiro atoms. The quantitative estimate of drug-likeness (QED) is 0.887. The fourth-order valence-corrected chi connectivity index (χ4v) is 2.65. The lowest BCUT2D eigenvalue weighted by atomic mass is 9.93. The maximum Gasteiger partial charge on any atom is 0.223 e. The van der Waals surface area contributed by atoms with E-state index in [4.69, 9.17) is 5.73 Å². The van der Waals surface area contributed by atoms with Crippen LogP contribution in [0.5, 0.6) is 0 Å². The Morgan fingerprint density at radius 3 is 2.83 bits per heavy atom. The molecule has 2 rings (SSSR count). The second-order valence-corrected chi connectivity index (χ2v) is 5.35. The number of amides is 1. The van der Waals surface area contributed by atoms with Gasteiger partial charge >= 0.3 is 0 Å². The Morgan fingerprint density at radius 1 is 1.50 bits per heavy atom. The van der Waals surface area contributed by atoms with Gasteiger partial charge < -0.3 is 10.6 Å². The number of hydrogen-bond donors (Lipinski definition) is 1. The Morgan fingerprint density at radius 2 is 2.22 bits per heavy atom. The molecule has 0 saturated carbocycles. The van der Waals surface area contributed by atoms with Crippen molar-refractivity contribution in [3.63, 3.8) is 0 Å². The van der Waals surface area contributed by atoms with Crippen molar-refractivity contribution < 1.29 is 4.79 Å². The summed E-state index contributed by atoms with van der Waals surface area (Å²) in [5.41, 5.74) is 8.37. The first kappa shape index (κ1) is 13.1. The first-order valence-electron chi connectivity index (χ1n) is 6.67. The van der Waals surface area contributed by atoms with Crippen LogP contribution < -0.4 is 5.73 Å². The van der Waals surface area contributed by atoms with E-state index in [0.29, 0.717) is 6.42 Å². The molecule has 18 heavy (non-hydrogen) atoms. The monoisotopic (exact) mass is 246 g/mol. The summed E-state index contributed by atoms with van der Waals surface area (Å²) < 4.78 is 0. The predicted octanol–water partition coefficient (Wildman–Crippen LogP) is 2.05. The average Bonchev–Trinajstić information content (AvgIpc) is 2.76. The Hall–Kier alpha value is -1.35. The molecule has 0 radical (unpaired) electrons. The number of carbonyl (C=O) groups excluding carboxylic acids is 1. The molecule has 1 amide bonds. The largest absolute Gasteiger partial charge is 0.341 e. The maximum atomic E-state index is 12.2. The van der Waals surface area contributed by atoms with Crippen molar-refractivity contribution in [2.75, 3.05) is 13.1 Å². The minimum Gasteiger partial charge on any atom is -0.341 e. The molecule has 1 aromatic carbocycles. The molecule has 0 aliphatic carbocycles. The van der Waals surface area contributed by atoms with Crippen molar-refractivity contribution in [1.82, 2.24) is 4.90 Å². The second kappa shape index (κ2) is 5.53. The topological polar surface area (TPSA) is 46.3 Å². The smallest absolute Gasteiger partial charge is 0.223 e. The minimum atomic E-state index is 0.169. The van der Waals surface area contributed by atoms with Gasteiger partial charge in [-0.15, -0.1) is 0 Å². The lowest BCUT2D eigenvalue weighted by Crippen LogP contribution is -2.32. The van der Waals surface area contributed by atoms with E-state index in [-0.39, 0.29) is 17.9 Å². The van der Waals surface area contributed by atoms with Crippen molar-refractivity contribution >= 4 is 5.91 Å². The van der Waals surface area contributed by atoms with Gasteiger partial charge in [0, 0.05) is 25.6 Å². The van der Waals surface area contributed by atoms with Gasteiger partial charge in [-0.2, -0.15) is 0 Å². The first-order chi connectivity index (χ1) is 8.58. The zero-order valence-electron chi connectivity index (χ0n) is 11.2. The average molecular weight is 246 g/mol. The Kier molecular flexibility index (Phi) is 4.02. The molecule has 1 aliphatic rings. The third-order valence-electron chi connectivity index (χ3n) is 3.78. The first-order valence-corrected chi connectivity index (χ1v) is 6.67. The summed E-state index contributed by atoms with van der Waals surface area (Å²) in [6.07, 6.45) is 1.52. The normalized spacial score (nSPS) is 21.1. The van der Waals surface area contributed by atoms with Gasteiger partial charge in [-0.1, -0.05) is 31.2 Å². The third-order valence-corrected chi connectivity index (χ3v) is 3.78. The molecular weight excluding hydrogens is 224 g/mol. The lowest BCUT2D eigenvalue weighted by Gasteiger charge is -2.20. The van der Waals surface area contributed by atoms with E-state index in [1.54, 1.807) is 0 Å². The number of benzene rings is 1. The number of aryl methyl sites for hydroxylation is 1. The molecule has 1 heterocycles. The standard InChI is InChI=1S/C15H22N2O/c1-11-5-3-4-6-14(11)12(2)9-15(18)17-8-7-13(16)10-17/h3-6,12-13H,7-10,16H2,1-2H3/t12-,13+/m1/s1. The molecule has 1 aromatic rings. The number of hydrogen-bond acceptors (Lipinski definition) is 2. The molecule has 3 heteroatoms. The summed E-state index contributed by atoms with van der Waals surface area (Å²) in [5, 5.41) is 0. The summed E-state index contributed by atoms with van der Waals surface area (Å²) in [5.74, 6) is 0.509. The molecule has 1 aliphatic heterocycles. The number of nitrogens with zero attached hydrogens (tertiary/aromatic N) is 1. The van der Waals surface area contributed by atoms with Crippen molar-refractivity contribution in [3.05, 3.63) is 35.4 Å². The molecule has 98 valence electrons. The summed E-state index contributed by atoms with van der Waals surface area (Å²) >= 11 is 0. The highest BCUT2D eigenvalue weighted by Gasteiger charge is 2.25. The SMILES string of the molecule is Cc1ccccc1[C@H](C)CC(=O)N1CC[C@H](N)C1. The van der Waals surface area contributed by atoms with Crippen LogP contribution in [0.4, 0.5) is 0 Å². The van der Waals surface area contributed by atoms with Crippen molar-refractivity contribution in [2.24, 2.45) is 5.73 Å². The highest BCUT2D eigenvalue weighted by atomic mass is 16.2. The van der Waals surface area contributed by atoms with Gasteiger partial charge in [0.25, 0.3) is 0 Å². The molecular formula is C15H22N2O. The van der Waals surface area contributed by atoms with Crippen LogP contribution in [-0.4, -0.2) is 29.9 Å². The van der Waals surface area contributed by atoms with E-state index < -0.39 is 0 Å². The summed E-state index contributed by atoms with van der Waals surface area (Å²) in [7, 11) is 0. The molecule has 2 atom stereocenters. The Bertz CT molecular complexity index is 430. The van der Waals surface area contributed by atoms with Crippen LogP contribution in [0.15, 0.2) is 24.3 Å². The molecule has 3 nitrogen and oxygen atoms in total. The van der Waals surface area contributed by atoms with Crippen LogP contribution >= 0.6 is 0 Å². The van der Waals surface area contributed by atoms with Crippen LogP contribution in [0, 0.1) is 6.92 Å². The molecule has 2 N–H and O–H groups in total. The zero-order valence-corrected chi connectivity index (χ0v) is 11.2. The predicted molar refractivity (Wildman–Crippen MR) is 73.4 cm³/mol. The fourth-order valence-electron chi connectivity index (χ4n) is 2.65. The van der Waals surface area contributed by atoms with E-state index >= 15 is 0 Å². The van der Waals surface area contributed by atoms with E-state index in [1.807, 2.05) is 17.0 Å². The van der Waals surface area contributed by atoms with Gasteiger partial charge in [0.1, 0.15) is 0 Å². The number of rotatable bonds is 3. The van der Waals surface area contributed by atoms with Crippen LogP contribution in [-0.2, 0) is 4.79 Å². The number of likely N-dealkylation sites (tertiary alicyclic amines) is 1. The molecule has 0 aromatic heterocycles.